The fourth-order valence-electron chi connectivity index (χ4n) is 1.78. The van der Waals surface area contributed by atoms with E-state index in [1.807, 2.05) is 20.8 Å². The predicted molar refractivity (Wildman–Crippen MR) is 63.6 cm³/mol. The highest BCUT2D eigenvalue weighted by atomic mass is 16.5. The van der Waals surface area contributed by atoms with E-state index in [0.29, 0.717) is 6.54 Å². The Balaban J connectivity index is 3.15. The van der Waals surface area contributed by atoms with E-state index in [1.165, 1.54) is 5.56 Å². The van der Waals surface area contributed by atoms with Crippen LogP contribution < -0.4 is 15.8 Å². The zero-order chi connectivity index (χ0) is 12.3. The molecule has 2 amide bonds. The number of amides is 2. The summed E-state index contributed by atoms with van der Waals surface area (Å²) in [4.78, 5) is 10.7. The number of primary amides is 1. The number of urea groups is 1. The van der Waals surface area contributed by atoms with Gasteiger partial charge in [-0.3, -0.25) is 0 Å². The van der Waals surface area contributed by atoms with Crippen molar-refractivity contribution in [2.45, 2.75) is 27.3 Å². The number of nitrogens with two attached hydrogens (primary N) is 1. The summed E-state index contributed by atoms with van der Waals surface area (Å²) in [6.07, 6.45) is 0. The van der Waals surface area contributed by atoms with Gasteiger partial charge in [-0.1, -0.05) is 6.07 Å². The molecule has 0 bridgehead atoms. The van der Waals surface area contributed by atoms with E-state index in [2.05, 4.69) is 11.4 Å². The Morgan fingerprint density at radius 2 is 2.00 bits per heavy atom. The maximum atomic E-state index is 10.7. The Morgan fingerprint density at radius 1 is 1.38 bits per heavy atom. The Labute approximate surface area is 95.8 Å². The second-order valence-corrected chi connectivity index (χ2v) is 3.86. The molecule has 0 aliphatic heterocycles. The van der Waals surface area contributed by atoms with Crippen molar-refractivity contribution in [2.24, 2.45) is 5.73 Å². The Morgan fingerprint density at radius 3 is 2.50 bits per heavy atom. The Kier molecular flexibility index (Phi) is 3.77. The van der Waals surface area contributed by atoms with Crippen LogP contribution in [0.2, 0.25) is 0 Å². The number of rotatable bonds is 3. The van der Waals surface area contributed by atoms with Gasteiger partial charge < -0.3 is 15.8 Å². The number of methoxy groups -OCH3 is 1. The lowest BCUT2D eigenvalue weighted by molar-refractivity contribution is 0.248. The minimum Gasteiger partial charge on any atom is -0.496 e. The van der Waals surface area contributed by atoms with E-state index in [9.17, 15) is 4.79 Å². The van der Waals surface area contributed by atoms with Crippen molar-refractivity contribution < 1.29 is 9.53 Å². The van der Waals surface area contributed by atoms with Crippen LogP contribution in [0.4, 0.5) is 4.79 Å². The van der Waals surface area contributed by atoms with Gasteiger partial charge in [-0.25, -0.2) is 4.79 Å². The van der Waals surface area contributed by atoms with Crippen molar-refractivity contribution >= 4 is 6.03 Å². The van der Waals surface area contributed by atoms with Gasteiger partial charge in [0.1, 0.15) is 5.75 Å². The molecule has 4 nitrogen and oxygen atoms in total. The highest BCUT2D eigenvalue weighted by Crippen LogP contribution is 2.29. The number of benzene rings is 1. The molecule has 16 heavy (non-hydrogen) atoms. The van der Waals surface area contributed by atoms with Gasteiger partial charge in [-0.2, -0.15) is 0 Å². The van der Waals surface area contributed by atoms with Crippen LogP contribution in [-0.4, -0.2) is 13.1 Å². The lowest BCUT2D eigenvalue weighted by Crippen LogP contribution is -2.29. The second-order valence-electron chi connectivity index (χ2n) is 3.86. The van der Waals surface area contributed by atoms with Crippen LogP contribution in [0.1, 0.15) is 22.3 Å². The summed E-state index contributed by atoms with van der Waals surface area (Å²) < 4.78 is 5.38. The Hall–Kier alpha value is -1.71. The summed E-state index contributed by atoms with van der Waals surface area (Å²) in [5.74, 6) is 0.825. The minimum atomic E-state index is -0.528. The van der Waals surface area contributed by atoms with Crippen molar-refractivity contribution in [1.29, 1.82) is 0 Å². The molecular formula is C12H18N2O2. The van der Waals surface area contributed by atoms with E-state index < -0.39 is 6.03 Å². The number of ether oxygens (including phenoxy) is 1. The van der Waals surface area contributed by atoms with Crippen molar-refractivity contribution in [3.63, 3.8) is 0 Å². The molecule has 0 spiro atoms. The molecule has 88 valence electrons. The van der Waals surface area contributed by atoms with Gasteiger partial charge in [0, 0.05) is 12.1 Å². The molecule has 0 saturated carbocycles. The van der Waals surface area contributed by atoms with E-state index in [-0.39, 0.29) is 0 Å². The first-order chi connectivity index (χ1) is 7.47. The largest absolute Gasteiger partial charge is 0.496 e. The molecule has 0 aliphatic carbocycles. The maximum absolute atomic E-state index is 10.7. The fourth-order valence-corrected chi connectivity index (χ4v) is 1.78. The lowest BCUT2D eigenvalue weighted by Gasteiger charge is -2.16. The average Bonchev–Trinajstić information content (AvgIpc) is 2.21. The quantitative estimate of drug-likeness (QED) is 0.818. The van der Waals surface area contributed by atoms with Gasteiger partial charge in [0.25, 0.3) is 0 Å². The van der Waals surface area contributed by atoms with Gasteiger partial charge >= 0.3 is 6.03 Å². The molecule has 1 aromatic carbocycles. The topological polar surface area (TPSA) is 64.3 Å². The summed E-state index contributed by atoms with van der Waals surface area (Å²) in [6, 6.07) is 1.55. The van der Waals surface area contributed by atoms with E-state index in [1.54, 1.807) is 7.11 Å². The van der Waals surface area contributed by atoms with E-state index in [4.69, 9.17) is 10.5 Å². The van der Waals surface area contributed by atoms with Crippen molar-refractivity contribution in [2.75, 3.05) is 7.11 Å². The first-order valence-corrected chi connectivity index (χ1v) is 5.14. The molecule has 4 heteroatoms. The van der Waals surface area contributed by atoms with Gasteiger partial charge in [0.05, 0.1) is 7.11 Å². The fraction of sp³-hybridized carbons (Fsp3) is 0.417. The van der Waals surface area contributed by atoms with Gasteiger partial charge in [-0.15, -0.1) is 0 Å². The third-order valence-corrected chi connectivity index (χ3v) is 2.76. The van der Waals surface area contributed by atoms with Crippen LogP contribution in [0.15, 0.2) is 6.07 Å². The van der Waals surface area contributed by atoms with Crippen LogP contribution in [0.3, 0.4) is 0 Å². The normalized spacial score (nSPS) is 10.0. The summed E-state index contributed by atoms with van der Waals surface area (Å²) in [6.45, 7) is 6.43. The molecule has 1 rings (SSSR count). The summed E-state index contributed by atoms with van der Waals surface area (Å²) in [5.41, 5.74) is 9.40. The number of carbonyl (C=O) groups excluding carboxylic acids is 1. The van der Waals surface area contributed by atoms with Crippen molar-refractivity contribution in [3.05, 3.63) is 28.3 Å². The predicted octanol–water partition coefficient (Wildman–Crippen LogP) is 1.79. The first-order valence-electron chi connectivity index (χ1n) is 5.14. The van der Waals surface area contributed by atoms with Gasteiger partial charge in [0.2, 0.25) is 0 Å². The van der Waals surface area contributed by atoms with Crippen molar-refractivity contribution in [1.82, 2.24) is 5.32 Å². The van der Waals surface area contributed by atoms with Gasteiger partial charge in [-0.05, 0) is 37.5 Å². The lowest BCUT2D eigenvalue weighted by atomic mass is 9.99. The SMILES string of the molecule is COc1c(C)c(C)cc(C)c1CNC(N)=O. The third kappa shape index (κ3) is 2.45. The Bertz CT molecular complexity index is 414. The molecule has 0 fully saturated rings. The number of aryl methyl sites for hydroxylation is 2. The van der Waals surface area contributed by atoms with Crippen LogP contribution in [0.25, 0.3) is 0 Å². The molecule has 0 unspecified atom stereocenters. The molecule has 0 saturated heterocycles. The number of hydrogen-bond acceptors (Lipinski definition) is 2. The molecule has 0 heterocycles. The molecular weight excluding hydrogens is 204 g/mol. The van der Waals surface area contributed by atoms with Crippen molar-refractivity contribution in [3.8, 4) is 5.75 Å². The molecule has 0 radical (unpaired) electrons. The molecule has 0 atom stereocenters. The van der Waals surface area contributed by atoms with Crippen LogP contribution in [-0.2, 0) is 6.54 Å². The van der Waals surface area contributed by atoms with E-state index in [0.717, 1.165) is 22.4 Å². The van der Waals surface area contributed by atoms with Crippen LogP contribution in [0.5, 0.6) is 5.75 Å². The highest BCUT2D eigenvalue weighted by molar-refractivity contribution is 5.71. The summed E-state index contributed by atoms with van der Waals surface area (Å²) in [5, 5.41) is 2.58. The average molecular weight is 222 g/mol. The second kappa shape index (κ2) is 4.88. The molecule has 0 aromatic heterocycles. The highest BCUT2D eigenvalue weighted by Gasteiger charge is 2.12. The number of nitrogens with one attached hydrogen (secondary N) is 1. The minimum absolute atomic E-state index is 0.394. The molecule has 0 aliphatic rings. The van der Waals surface area contributed by atoms with Gasteiger partial charge in [0.15, 0.2) is 0 Å². The molecule has 1 aromatic rings. The van der Waals surface area contributed by atoms with E-state index >= 15 is 0 Å². The molecule has 3 N–H and O–H groups in total. The smallest absolute Gasteiger partial charge is 0.312 e. The zero-order valence-corrected chi connectivity index (χ0v) is 10.2. The maximum Gasteiger partial charge on any atom is 0.312 e. The number of carbonyl (C=O) groups is 1. The summed E-state index contributed by atoms with van der Waals surface area (Å²) in [7, 11) is 1.63. The van der Waals surface area contributed by atoms with Crippen LogP contribution >= 0.6 is 0 Å². The third-order valence-electron chi connectivity index (χ3n) is 2.76. The summed E-state index contributed by atoms with van der Waals surface area (Å²) >= 11 is 0. The zero-order valence-electron chi connectivity index (χ0n) is 10.2. The standard InChI is InChI=1S/C12H18N2O2/c1-7-5-8(2)10(6-14-12(13)15)11(16-4)9(7)3/h5H,6H2,1-4H3,(H3,13,14,15). The number of hydrogen-bond donors (Lipinski definition) is 2. The first kappa shape index (κ1) is 12.4. The monoisotopic (exact) mass is 222 g/mol. The van der Waals surface area contributed by atoms with Crippen LogP contribution in [0, 0.1) is 20.8 Å².